The Labute approximate surface area is 193 Å². The lowest BCUT2D eigenvalue weighted by Gasteiger charge is -2.39. The van der Waals surface area contributed by atoms with Gasteiger partial charge in [-0.15, -0.1) is 0 Å². The SMILES string of the molecule is Cn1c(=O)c2c(-c3cccc(Br)c3)n3c(c2n(C)c1=O)C(c1ccccc1)OCC3(C)C. The molecule has 1 aliphatic heterocycles. The van der Waals surface area contributed by atoms with Crippen LogP contribution in [0.3, 0.4) is 0 Å². The molecule has 32 heavy (non-hydrogen) atoms. The van der Waals surface area contributed by atoms with Gasteiger partial charge in [0.05, 0.1) is 34.4 Å². The molecule has 6 nitrogen and oxygen atoms in total. The molecule has 0 aliphatic carbocycles. The molecule has 0 bridgehead atoms. The van der Waals surface area contributed by atoms with Gasteiger partial charge in [0.1, 0.15) is 6.10 Å². The average Bonchev–Trinajstić information content (AvgIpc) is 3.14. The highest BCUT2D eigenvalue weighted by atomic mass is 79.9. The number of fused-ring (bicyclic) bond motifs is 3. The van der Waals surface area contributed by atoms with Gasteiger partial charge >= 0.3 is 5.69 Å². The smallest absolute Gasteiger partial charge is 0.331 e. The van der Waals surface area contributed by atoms with Crippen molar-refractivity contribution in [1.82, 2.24) is 13.7 Å². The second kappa shape index (κ2) is 7.32. The van der Waals surface area contributed by atoms with Gasteiger partial charge in [-0.05, 0) is 31.5 Å². The number of benzene rings is 2. The number of nitrogens with zero attached hydrogens (tertiary/aromatic N) is 3. The third-order valence-electron chi connectivity index (χ3n) is 6.27. The van der Waals surface area contributed by atoms with Crippen LogP contribution in [0.1, 0.15) is 31.2 Å². The van der Waals surface area contributed by atoms with Crippen LogP contribution in [0.4, 0.5) is 0 Å². The highest BCUT2D eigenvalue weighted by Crippen LogP contribution is 2.45. The Morgan fingerprint density at radius 3 is 2.41 bits per heavy atom. The number of aromatic nitrogens is 3. The Kier molecular flexibility index (Phi) is 4.80. The van der Waals surface area contributed by atoms with Gasteiger partial charge in [0, 0.05) is 24.1 Å². The van der Waals surface area contributed by atoms with E-state index in [2.05, 4.69) is 34.3 Å². The van der Waals surface area contributed by atoms with Gasteiger partial charge in [-0.1, -0.05) is 58.4 Å². The lowest BCUT2D eigenvalue weighted by atomic mass is 9.98. The van der Waals surface area contributed by atoms with Crippen LogP contribution in [0.25, 0.3) is 22.2 Å². The maximum Gasteiger partial charge on any atom is 0.331 e. The zero-order valence-corrected chi connectivity index (χ0v) is 20.0. The van der Waals surface area contributed by atoms with E-state index >= 15 is 0 Å². The van der Waals surface area contributed by atoms with E-state index in [-0.39, 0.29) is 11.2 Å². The molecule has 0 spiro atoms. The predicted octanol–water partition coefficient (Wildman–Crippen LogP) is 4.32. The zero-order valence-electron chi connectivity index (χ0n) is 18.4. The number of aryl methyl sites for hydroxylation is 1. The number of rotatable bonds is 2. The van der Waals surface area contributed by atoms with Gasteiger partial charge in [-0.25, -0.2) is 4.79 Å². The van der Waals surface area contributed by atoms with Crippen LogP contribution in [0.2, 0.25) is 0 Å². The van der Waals surface area contributed by atoms with Crippen LogP contribution >= 0.6 is 15.9 Å². The van der Waals surface area contributed by atoms with E-state index in [0.29, 0.717) is 17.5 Å². The molecule has 5 rings (SSSR count). The van der Waals surface area contributed by atoms with Gasteiger partial charge < -0.3 is 9.30 Å². The van der Waals surface area contributed by atoms with E-state index in [1.807, 2.05) is 54.6 Å². The maximum atomic E-state index is 13.5. The second-order valence-electron chi connectivity index (χ2n) is 8.92. The summed E-state index contributed by atoms with van der Waals surface area (Å²) in [6.07, 6.45) is -0.398. The van der Waals surface area contributed by atoms with Crippen molar-refractivity contribution in [3.8, 4) is 11.3 Å². The van der Waals surface area contributed by atoms with Crippen molar-refractivity contribution in [2.75, 3.05) is 6.61 Å². The van der Waals surface area contributed by atoms with Gasteiger partial charge in [0.15, 0.2) is 0 Å². The number of hydrogen-bond acceptors (Lipinski definition) is 3. The molecular formula is C25H24BrN3O3. The Morgan fingerprint density at radius 2 is 1.72 bits per heavy atom. The molecule has 4 aromatic rings. The van der Waals surface area contributed by atoms with Crippen molar-refractivity contribution < 1.29 is 4.74 Å². The second-order valence-corrected chi connectivity index (χ2v) is 9.84. The molecule has 7 heteroatoms. The van der Waals surface area contributed by atoms with Gasteiger partial charge in [0.25, 0.3) is 5.56 Å². The van der Waals surface area contributed by atoms with Crippen molar-refractivity contribution in [3.05, 3.63) is 91.2 Å². The molecule has 1 aliphatic rings. The molecular weight excluding hydrogens is 470 g/mol. The highest BCUT2D eigenvalue weighted by Gasteiger charge is 2.40. The monoisotopic (exact) mass is 493 g/mol. The van der Waals surface area contributed by atoms with Crippen LogP contribution in [0.5, 0.6) is 0 Å². The van der Waals surface area contributed by atoms with Crippen molar-refractivity contribution in [3.63, 3.8) is 0 Å². The zero-order chi connectivity index (χ0) is 22.8. The first-order chi connectivity index (χ1) is 15.2. The molecule has 0 N–H and O–H groups in total. The maximum absolute atomic E-state index is 13.5. The molecule has 2 aromatic heterocycles. The molecule has 0 saturated carbocycles. The van der Waals surface area contributed by atoms with Crippen molar-refractivity contribution in [2.24, 2.45) is 14.1 Å². The minimum absolute atomic E-state index is 0.303. The van der Waals surface area contributed by atoms with E-state index in [0.717, 1.165) is 27.0 Å². The van der Waals surface area contributed by atoms with E-state index in [1.54, 1.807) is 11.6 Å². The summed E-state index contributed by atoms with van der Waals surface area (Å²) in [6.45, 7) is 4.66. The van der Waals surface area contributed by atoms with Crippen LogP contribution in [-0.4, -0.2) is 20.3 Å². The molecule has 1 unspecified atom stereocenters. The molecule has 0 saturated heterocycles. The van der Waals surface area contributed by atoms with Crippen molar-refractivity contribution in [2.45, 2.75) is 25.5 Å². The van der Waals surface area contributed by atoms with E-state index in [4.69, 9.17) is 4.74 Å². The summed E-state index contributed by atoms with van der Waals surface area (Å²) >= 11 is 3.57. The van der Waals surface area contributed by atoms with Gasteiger partial charge in [0.2, 0.25) is 0 Å². The first-order valence-electron chi connectivity index (χ1n) is 10.5. The Hall–Kier alpha value is -2.90. The highest BCUT2D eigenvalue weighted by molar-refractivity contribution is 9.10. The summed E-state index contributed by atoms with van der Waals surface area (Å²) < 4.78 is 12.3. The largest absolute Gasteiger partial charge is 0.365 e. The molecule has 164 valence electrons. The summed E-state index contributed by atoms with van der Waals surface area (Å²) in [5.74, 6) is 0. The number of hydrogen-bond donors (Lipinski definition) is 0. The summed E-state index contributed by atoms with van der Waals surface area (Å²) in [6, 6.07) is 17.9. The summed E-state index contributed by atoms with van der Waals surface area (Å²) in [5, 5.41) is 0.530. The fourth-order valence-electron chi connectivity index (χ4n) is 4.79. The summed E-state index contributed by atoms with van der Waals surface area (Å²) in [7, 11) is 3.25. The number of ether oxygens (including phenoxy) is 1. The summed E-state index contributed by atoms with van der Waals surface area (Å²) in [4.78, 5) is 26.5. The van der Waals surface area contributed by atoms with Crippen LogP contribution < -0.4 is 11.2 Å². The Balaban J connectivity index is 2.04. The molecule has 0 fully saturated rings. The fraction of sp³-hybridized carbons (Fsp3) is 0.280. The standard InChI is InChI=1S/C25H24BrN3O3/c1-25(2)14-32-22(15-9-6-5-7-10-15)21-20-18(23(30)28(4)24(31)27(20)3)19(29(21)25)16-11-8-12-17(26)13-16/h5-13,22H,14H2,1-4H3. The lowest BCUT2D eigenvalue weighted by Crippen LogP contribution is -2.40. The van der Waals surface area contributed by atoms with Crippen LogP contribution in [0.15, 0.2) is 68.7 Å². The quantitative estimate of drug-likeness (QED) is 0.417. The molecule has 2 aromatic carbocycles. The fourth-order valence-corrected chi connectivity index (χ4v) is 5.19. The van der Waals surface area contributed by atoms with Gasteiger partial charge in [-0.2, -0.15) is 0 Å². The minimum atomic E-state index is -0.432. The van der Waals surface area contributed by atoms with E-state index < -0.39 is 11.6 Å². The minimum Gasteiger partial charge on any atom is -0.365 e. The van der Waals surface area contributed by atoms with E-state index in [9.17, 15) is 9.59 Å². The predicted molar refractivity (Wildman–Crippen MR) is 129 cm³/mol. The van der Waals surface area contributed by atoms with Crippen LogP contribution in [-0.2, 0) is 24.4 Å². The van der Waals surface area contributed by atoms with Crippen LogP contribution in [0, 0.1) is 0 Å². The van der Waals surface area contributed by atoms with Crippen molar-refractivity contribution >= 4 is 26.8 Å². The Morgan fingerprint density at radius 1 is 1.00 bits per heavy atom. The normalized spacial score (nSPS) is 17.5. The van der Waals surface area contributed by atoms with Crippen molar-refractivity contribution in [1.29, 1.82) is 0 Å². The van der Waals surface area contributed by atoms with E-state index in [1.165, 1.54) is 11.6 Å². The van der Waals surface area contributed by atoms with Gasteiger partial charge in [-0.3, -0.25) is 13.9 Å². The molecule has 3 heterocycles. The third-order valence-corrected chi connectivity index (χ3v) is 6.76. The average molecular weight is 494 g/mol. The topological polar surface area (TPSA) is 58.2 Å². The molecule has 0 radical (unpaired) electrons. The summed E-state index contributed by atoms with van der Waals surface area (Å²) in [5.41, 5.74) is 3.06. The molecule has 0 amide bonds. The number of halogens is 1. The first kappa shape index (κ1) is 21.0. The first-order valence-corrected chi connectivity index (χ1v) is 11.3. The Bertz CT molecular complexity index is 1480. The molecule has 1 atom stereocenters. The lowest BCUT2D eigenvalue weighted by molar-refractivity contribution is -0.00707. The third kappa shape index (κ3) is 2.95.